The van der Waals surface area contributed by atoms with E-state index in [1.807, 2.05) is 34.6 Å². The van der Waals surface area contributed by atoms with Gasteiger partial charge in [0.2, 0.25) is 0 Å². The number of rotatable bonds is 4. The van der Waals surface area contributed by atoms with Crippen LogP contribution in [0.4, 0.5) is 0 Å². The number of aromatic nitrogens is 2. The van der Waals surface area contributed by atoms with Crippen molar-refractivity contribution in [1.82, 2.24) is 9.55 Å². The third-order valence-electron chi connectivity index (χ3n) is 3.38. The van der Waals surface area contributed by atoms with Gasteiger partial charge >= 0.3 is 0 Å². The van der Waals surface area contributed by atoms with E-state index in [-0.39, 0.29) is 5.56 Å². The number of thiophene rings is 1. The topological polar surface area (TPSA) is 47.0 Å². The fraction of sp³-hybridized carbons (Fsp3) is 0.571. The first-order valence-electron chi connectivity index (χ1n) is 6.63. The Balaban J connectivity index is 2.63. The van der Waals surface area contributed by atoms with E-state index in [4.69, 9.17) is 17.0 Å². The first kappa shape index (κ1) is 15.4. The Morgan fingerprint density at radius 3 is 2.65 bits per heavy atom. The minimum Gasteiger partial charge on any atom is -0.374 e. The third kappa shape index (κ3) is 2.73. The van der Waals surface area contributed by atoms with Crippen molar-refractivity contribution in [3.63, 3.8) is 0 Å². The van der Waals surface area contributed by atoms with Gasteiger partial charge in [-0.2, -0.15) is 0 Å². The molecule has 2 heterocycles. The van der Waals surface area contributed by atoms with Gasteiger partial charge in [-0.25, -0.2) is 0 Å². The highest BCUT2D eigenvalue weighted by molar-refractivity contribution is 7.71. The third-order valence-corrected chi connectivity index (χ3v) is 4.83. The van der Waals surface area contributed by atoms with Crippen molar-refractivity contribution >= 4 is 33.8 Å². The average molecular weight is 312 g/mol. The number of hydrogen-bond acceptors (Lipinski definition) is 4. The van der Waals surface area contributed by atoms with Crippen LogP contribution in [0.3, 0.4) is 0 Å². The molecule has 0 spiro atoms. The van der Waals surface area contributed by atoms with Gasteiger partial charge < -0.3 is 9.72 Å². The van der Waals surface area contributed by atoms with Gasteiger partial charge in [0.1, 0.15) is 4.83 Å². The number of aryl methyl sites for hydroxylation is 2. The summed E-state index contributed by atoms with van der Waals surface area (Å²) in [6.45, 7) is 10.9. The van der Waals surface area contributed by atoms with Crippen LogP contribution in [-0.4, -0.2) is 21.8 Å². The maximum atomic E-state index is 12.7. The monoisotopic (exact) mass is 312 g/mol. The number of aromatic amines is 1. The van der Waals surface area contributed by atoms with Crippen LogP contribution < -0.4 is 5.56 Å². The van der Waals surface area contributed by atoms with E-state index in [0.29, 0.717) is 17.9 Å². The van der Waals surface area contributed by atoms with Gasteiger partial charge in [-0.05, 0) is 52.4 Å². The molecule has 0 aromatic carbocycles. The van der Waals surface area contributed by atoms with E-state index in [1.54, 1.807) is 15.9 Å². The first-order valence-corrected chi connectivity index (χ1v) is 7.86. The summed E-state index contributed by atoms with van der Waals surface area (Å²) < 4.78 is 7.73. The molecule has 0 fully saturated rings. The fourth-order valence-electron chi connectivity index (χ4n) is 2.33. The molecule has 0 radical (unpaired) electrons. The number of hydrogen-bond donors (Lipinski definition) is 1. The van der Waals surface area contributed by atoms with Gasteiger partial charge in [-0.15, -0.1) is 11.3 Å². The smallest absolute Gasteiger partial charge is 0.263 e. The van der Waals surface area contributed by atoms with Crippen molar-refractivity contribution in [1.29, 1.82) is 0 Å². The molecule has 0 aliphatic rings. The largest absolute Gasteiger partial charge is 0.374 e. The standard InChI is InChI=1S/C14H20N2O2S2/c1-6-18-14(4,5)7-16-12(17)10-8(2)9(3)20-11(10)15-13(16)19/h6-7H2,1-5H3,(H,15,19). The van der Waals surface area contributed by atoms with Crippen molar-refractivity contribution < 1.29 is 4.74 Å². The molecule has 0 aliphatic heterocycles. The van der Waals surface area contributed by atoms with E-state index in [2.05, 4.69) is 4.98 Å². The Morgan fingerprint density at radius 1 is 1.40 bits per heavy atom. The minimum absolute atomic E-state index is 0.0293. The molecule has 0 bridgehead atoms. The second-order valence-electron chi connectivity index (χ2n) is 5.50. The molecule has 0 unspecified atom stereocenters. The van der Waals surface area contributed by atoms with Gasteiger partial charge in [-0.1, -0.05) is 0 Å². The van der Waals surface area contributed by atoms with Gasteiger partial charge in [0.25, 0.3) is 5.56 Å². The molecule has 2 rings (SSSR count). The summed E-state index contributed by atoms with van der Waals surface area (Å²) in [5, 5.41) is 0.744. The highest BCUT2D eigenvalue weighted by atomic mass is 32.1. The van der Waals surface area contributed by atoms with Crippen LogP contribution in [0.25, 0.3) is 10.2 Å². The maximum absolute atomic E-state index is 12.7. The second-order valence-corrected chi connectivity index (χ2v) is 7.11. The Bertz CT molecular complexity index is 753. The molecule has 4 nitrogen and oxygen atoms in total. The number of ether oxygens (including phenoxy) is 1. The van der Waals surface area contributed by atoms with Crippen molar-refractivity contribution in [2.24, 2.45) is 0 Å². The zero-order chi connectivity index (χ0) is 15.1. The Labute approximate surface area is 127 Å². The molecule has 6 heteroatoms. The number of nitrogens with one attached hydrogen (secondary N) is 1. The molecule has 1 N–H and O–H groups in total. The predicted octanol–water partition coefficient (Wildman–Crippen LogP) is 3.55. The lowest BCUT2D eigenvalue weighted by Gasteiger charge is -2.25. The highest BCUT2D eigenvalue weighted by Gasteiger charge is 2.21. The number of H-pyrrole nitrogens is 1. The lowest BCUT2D eigenvalue weighted by Crippen LogP contribution is -2.36. The summed E-state index contributed by atoms with van der Waals surface area (Å²) >= 11 is 6.91. The van der Waals surface area contributed by atoms with Crippen molar-refractivity contribution in [2.75, 3.05) is 6.61 Å². The van der Waals surface area contributed by atoms with Crippen LogP contribution in [0.5, 0.6) is 0 Å². The molecule has 110 valence electrons. The van der Waals surface area contributed by atoms with Crippen LogP contribution in [0, 0.1) is 18.6 Å². The quantitative estimate of drug-likeness (QED) is 0.878. The molecule has 2 aromatic rings. The molecule has 0 aliphatic carbocycles. The van der Waals surface area contributed by atoms with Crippen LogP contribution in [0.15, 0.2) is 4.79 Å². The normalized spacial score (nSPS) is 12.2. The van der Waals surface area contributed by atoms with Gasteiger partial charge in [0.15, 0.2) is 4.77 Å². The van der Waals surface area contributed by atoms with Crippen molar-refractivity contribution in [2.45, 2.75) is 46.8 Å². The van der Waals surface area contributed by atoms with E-state index < -0.39 is 5.60 Å². The summed E-state index contributed by atoms with van der Waals surface area (Å²) in [5.41, 5.74) is 0.578. The van der Waals surface area contributed by atoms with E-state index in [0.717, 1.165) is 20.7 Å². The van der Waals surface area contributed by atoms with Crippen molar-refractivity contribution in [3.8, 4) is 0 Å². The maximum Gasteiger partial charge on any atom is 0.263 e. The summed E-state index contributed by atoms with van der Waals surface area (Å²) in [7, 11) is 0. The van der Waals surface area contributed by atoms with Gasteiger partial charge in [-0.3, -0.25) is 9.36 Å². The first-order chi connectivity index (χ1) is 9.26. The molecule has 0 saturated heterocycles. The number of nitrogens with zero attached hydrogens (tertiary/aromatic N) is 1. The summed E-state index contributed by atoms with van der Waals surface area (Å²) in [6.07, 6.45) is 0. The lowest BCUT2D eigenvalue weighted by molar-refractivity contribution is -0.0233. The zero-order valence-electron chi connectivity index (χ0n) is 12.5. The Kier molecular flexibility index (Phi) is 4.18. The molecule has 20 heavy (non-hydrogen) atoms. The summed E-state index contributed by atoms with van der Waals surface area (Å²) in [4.78, 5) is 17.9. The Morgan fingerprint density at radius 2 is 2.05 bits per heavy atom. The zero-order valence-corrected chi connectivity index (χ0v) is 14.1. The molecule has 0 atom stereocenters. The SMILES string of the molecule is CCOC(C)(C)Cn1c(=S)[nH]c2sc(C)c(C)c2c1=O. The van der Waals surface area contributed by atoms with Gasteiger partial charge in [0, 0.05) is 11.5 Å². The molecular weight excluding hydrogens is 292 g/mol. The Hall–Kier alpha value is -0.980. The molecule has 0 saturated carbocycles. The lowest BCUT2D eigenvalue weighted by atomic mass is 10.1. The molecular formula is C14H20N2O2S2. The average Bonchev–Trinajstić information content (AvgIpc) is 2.60. The summed E-state index contributed by atoms with van der Waals surface area (Å²) in [6, 6.07) is 0. The van der Waals surface area contributed by atoms with Crippen LogP contribution in [0.1, 0.15) is 31.2 Å². The highest BCUT2D eigenvalue weighted by Crippen LogP contribution is 2.26. The number of fused-ring (bicyclic) bond motifs is 1. The van der Waals surface area contributed by atoms with Crippen LogP contribution in [0.2, 0.25) is 0 Å². The van der Waals surface area contributed by atoms with E-state index >= 15 is 0 Å². The fourth-order valence-corrected chi connectivity index (χ4v) is 3.69. The van der Waals surface area contributed by atoms with E-state index in [1.165, 1.54) is 0 Å². The van der Waals surface area contributed by atoms with Crippen molar-refractivity contribution in [3.05, 3.63) is 25.6 Å². The predicted molar refractivity (Wildman–Crippen MR) is 86.4 cm³/mol. The molecule has 0 amide bonds. The van der Waals surface area contributed by atoms with E-state index in [9.17, 15) is 4.79 Å². The van der Waals surface area contributed by atoms with Crippen LogP contribution in [-0.2, 0) is 11.3 Å². The molecule has 2 aromatic heterocycles. The minimum atomic E-state index is -0.424. The second kappa shape index (κ2) is 5.42. The summed E-state index contributed by atoms with van der Waals surface area (Å²) in [5.74, 6) is 0. The van der Waals surface area contributed by atoms with Gasteiger partial charge in [0.05, 0.1) is 17.5 Å². The van der Waals surface area contributed by atoms with Crippen LogP contribution >= 0.6 is 23.6 Å².